The number of likely N-dealkylation sites (N-methyl/N-ethyl adjacent to an activating group) is 1. The third-order valence-electron chi connectivity index (χ3n) is 1.94. The molecule has 80 valence electrons. The summed E-state index contributed by atoms with van der Waals surface area (Å²) < 4.78 is 0. The Kier molecular flexibility index (Phi) is 3.79. The highest BCUT2D eigenvalue weighted by Crippen LogP contribution is 1.99. The Morgan fingerprint density at radius 3 is 2.67 bits per heavy atom. The van der Waals surface area contributed by atoms with Gasteiger partial charge in [0.25, 0.3) is 0 Å². The van der Waals surface area contributed by atoms with E-state index in [2.05, 4.69) is 4.98 Å². The van der Waals surface area contributed by atoms with Crippen molar-refractivity contribution in [2.24, 2.45) is 5.73 Å². The lowest BCUT2D eigenvalue weighted by Crippen LogP contribution is -2.41. The molecule has 2 N–H and O–H groups in total. The van der Waals surface area contributed by atoms with Crippen LogP contribution in [0.15, 0.2) is 24.4 Å². The lowest BCUT2D eigenvalue weighted by atomic mass is 10.2. The van der Waals surface area contributed by atoms with E-state index in [1.165, 1.54) is 0 Å². The molecule has 1 aromatic heterocycles. The summed E-state index contributed by atoms with van der Waals surface area (Å²) >= 11 is 0. The van der Waals surface area contributed by atoms with Gasteiger partial charge in [0.15, 0.2) is 0 Å². The highest BCUT2D eigenvalue weighted by atomic mass is 16.2. The first-order valence-electron chi connectivity index (χ1n) is 4.65. The summed E-state index contributed by atoms with van der Waals surface area (Å²) in [5, 5.41) is 0. The van der Waals surface area contributed by atoms with E-state index >= 15 is 0 Å². The molecule has 1 rings (SSSR count). The number of primary amides is 1. The van der Waals surface area contributed by atoms with Gasteiger partial charge in [-0.3, -0.25) is 14.7 Å². The number of hydrogen-bond acceptors (Lipinski definition) is 3. The highest BCUT2D eigenvalue weighted by Gasteiger charge is 2.16. The Hall–Kier alpha value is -1.91. The number of pyridine rings is 1. The van der Waals surface area contributed by atoms with Crippen molar-refractivity contribution in [1.29, 1.82) is 0 Å². The van der Waals surface area contributed by atoms with E-state index in [9.17, 15) is 9.59 Å². The quantitative estimate of drug-likeness (QED) is 0.786. The van der Waals surface area contributed by atoms with Gasteiger partial charge in [-0.1, -0.05) is 6.07 Å². The molecule has 0 aliphatic carbocycles. The number of imide groups is 1. The molecule has 0 atom stereocenters. The average molecular weight is 207 g/mol. The van der Waals surface area contributed by atoms with Crippen LogP contribution in [0.5, 0.6) is 0 Å². The van der Waals surface area contributed by atoms with Gasteiger partial charge in [0, 0.05) is 18.4 Å². The Morgan fingerprint density at radius 2 is 2.20 bits per heavy atom. The van der Waals surface area contributed by atoms with E-state index in [0.29, 0.717) is 5.69 Å². The largest absolute Gasteiger partial charge is 0.351 e. The smallest absolute Gasteiger partial charge is 0.321 e. The average Bonchev–Trinajstić information content (AvgIpc) is 2.19. The van der Waals surface area contributed by atoms with Crippen LogP contribution >= 0.6 is 0 Å². The third kappa shape index (κ3) is 3.05. The molecule has 5 nitrogen and oxygen atoms in total. The van der Waals surface area contributed by atoms with E-state index in [-0.39, 0.29) is 18.9 Å². The first kappa shape index (κ1) is 11.2. The normalized spacial score (nSPS) is 9.67. The van der Waals surface area contributed by atoms with E-state index in [4.69, 9.17) is 5.73 Å². The molecule has 1 heterocycles. The van der Waals surface area contributed by atoms with Gasteiger partial charge in [-0.25, -0.2) is 4.79 Å². The summed E-state index contributed by atoms with van der Waals surface area (Å²) in [7, 11) is 0. The second-order valence-electron chi connectivity index (χ2n) is 2.97. The van der Waals surface area contributed by atoms with Crippen molar-refractivity contribution in [3.05, 3.63) is 30.1 Å². The van der Waals surface area contributed by atoms with Crippen LogP contribution in [0.4, 0.5) is 4.79 Å². The Balaban J connectivity index is 2.66. The maximum absolute atomic E-state index is 11.6. The van der Waals surface area contributed by atoms with Gasteiger partial charge in [-0.2, -0.15) is 0 Å². The van der Waals surface area contributed by atoms with Crippen LogP contribution < -0.4 is 5.73 Å². The first-order valence-corrected chi connectivity index (χ1v) is 4.65. The van der Waals surface area contributed by atoms with E-state index < -0.39 is 6.03 Å². The summed E-state index contributed by atoms with van der Waals surface area (Å²) in [4.78, 5) is 27.4. The zero-order valence-corrected chi connectivity index (χ0v) is 8.51. The molecule has 0 bridgehead atoms. The molecule has 0 aliphatic rings. The number of nitrogens with zero attached hydrogens (tertiary/aromatic N) is 2. The van der Waals surface area contributed by atoms with E-state index in [1.807, 2.05) is 0 Å². The topological polar surface area (TPSA) is 76.3 Å². The molecule has 15 heavy (non-hydrogen) atoms. The molecular formula is C10H13N3O2. The molecule has 5 heteroatoms. The van der Waals surface area contributed by atoms with Gasteiger partial charge in [-0.15, -0.1) is 0 Å². The molecule has 0 aliphatic heterocycles. The standard InChI is InChI=1S/C10H13N3O2/c1-2-13(10(11)15)9(14)7-8-5-3-4-6-12-8/h3-6H,2,7H2,1H3,(H2,11,15). The second-order valence-corrected chi connectivity index (χ2v) is 2.97. The van der Waals surface area contributed by atoms with Gasteiger partial charge in [0.2, 0.25) is 5.91 Å². The molecule has 3 amide bonds. The lowest BCUT2D eigenvalue weighted by molar-refractivity contribution is -0.127. The number of urea groups is 1. The number of hydrogen-bond donors (Lipinski definition) is 1. The van der Waals surface area contributed by atoms with Crippen molar-refractivity contribution in [3.8, 4) is 0 Å². The fourth-order valence-corrected chi connectivity index (χ4v) is 1.21. The Bertz CT molecular complexity index is 351. The zero-order chi connectivity index (χ0) is 11.3. The number of rotatable bonds is 3. The predicted molar refractivity (Wildman–Crippen MR) is 54.9 cm³/mol. The maximum atomic E-state index is 11.6. The van der Waals surface area contributed by atoms with Gasteiger partial charge in [-0.05, 0) is 19.1 Å². The Labute approximate surface area is 87.9 Å². The van der Waals surface area contributed by atoms with Gasteiger partial charge < -0.3 is 5.73 Å². The minimum atomic E-state index is -0.724. The zero-order valence-electron chi connectivity index (χ0n) is 8.51. The van der Waals surface area contributed by atoms with Crippen molar-refractivity contribution in [2.45, 2.75) is 13.3 Å². The number of carbonyl (C=O) groups is 2. The summed E-state index contributed by atoms with van der Waals surface area (Å²) in [5.74, 6) is -0.330. The number of nitrogens with two attached hydrogens (primary N) is 1. The molecule has 0 unspecified atom stereocenters. The van der Waals surface area contributed by atoms with Crippen molar-refractivity contribution >= 4 is 11.9 Å². The molecule has 0 saturated carbocycles. The van der Waals surface area contributed by atoms with Crippen LogP contribution in [0.1, 0.15) is 12.6 Å². The van der Waals surface area contributed by atoms with Crippen LogP contribution in [0.25, 0.3) is 0 Å². The predicted octanol–water partition coefficient (Wildman–Crippen LogP) is 0.551. The van der Waals surface area contributed by atoms with Crippen molar-refractivity contribution in [2.75, 3.05) is 6.54 Å². The SMILES string of the molecule is CCN(C(N)=O)C(=O)Cc1ccccn1. The van der Waals surface area contributed by atoms with Crippen LogP contribution in [-0.4, -0.2) is 28.4 Å². The van der Waals surface area contributed by atoms with Crippen molar-refractivity contribution < 1.29 is 9.59 Å². The van der Waals surface area contributed by atoms with Crippen LogP contribution in [0, 0.1) is 0 Å². The molecule has 0 radical (unpaired) electrons. The summed E-state index contributed by atoms with van der Waals surface area (Å²) in [5.41, 5.74) is 5.67. The first-order chi connectivity index (χ1) is 7.15. The molecule has 0 saturated heterocycles. The van der Waals surface area contributed by atoms with E-state index in [0.717, 1.165) is 4.90 Å². The third-order valence-corrected chi connectivity index (χ3v) is 1.94. The lowest BCUT2D eigenvalue weighted by Gasteiger charge is -2.15. The van der Waals surface area contributed by atoms with Crippen LogP contribution in [0.3, 0.4) is 0 Å². The molecule has 1 aromatic rings. The van der Waals surface area contributed by atoms with Crippen molar-refractivity contribution in [3.63, 3.8) is 0 Å². The maximum Gasteiger partial charge on any atom is 0.321 e. The molecule has 0 aromatic carbocycles. The molecule has 0 fully saturated rings. The number of aromatic nitrogens is 1. The van der Waals surface area contributed by atoms with E-state index in [1.54, 1.807) is 31.3 Å². The minimum Gasteiger partial charge on any atom is -0.351 e. The minimum absolute atomic E-state index is 0.0949. The number of carbonyl (C=O) groups excluding carboxylic acids is 2. The fourth-order valence-electron chi connectivity index (χ4n) is 1.21. The Morgan fingerprint density at radius 1 is 1.47 bits per heavy atom. The fraction of sp³-hybridized carbons (Fsp3) is 0.300. The summed E-state index contributed by atoms with van der Waals surface area (Å²) in [6.45, 7) is 1.97. The van der Waals surface area contributed by atoms with Gasteiger partial charge >= 0.3 is 6.03 Å². The second kappa shape index (κ2) is 5.09. The van der Waals surface area contributed by atoms with Crippen LogP contribution in [0.2, 0.25) is 0 Å². The summed E-state index contributed by atoms with van der Waals surface area (Å²) in [6.07, 6.45) is 1.70. The summed E-state index contributed by atoms with van der Waals surface area (Å²) in [6, 6.07) is 4.56. The number of amides is 3. The van der Waals surface area contributed by atoms with Gasteiger partial charge in [0.05, 0.1) is 6.42 Å². The van der Waals surface area contributed by atoms with Crippen molar-refractivity contribution in [1.82, 2.24) is 9.88 Å². The molecule has 0 spiro atoms. The van der Waals surface area contributed by atoms with Gasteiger partial charge in [0.1, 0.15) is 0 Å². The molecular weight excluding hydrogens is 194 g/mol. The van der Waals surface area contributed by atoms with Crippen LogP contribution in [-0.2, 0) is 11.2 Å². The monoisotopic (exact) mass is 207 g/mol. The highest BCUT2D eigenvalue weighted by molar-refractivity contribution is 5.94.